The molecule has 1 heterocycles. The van der Waals surface area contributed by atoms with Crippen molar-refractivity contribution >= 4 is 33.2 Å². The normalized spacial score (nSPS) is 10.3. The second-order valence-electron chi connectivity index (χ2n) is 3.41. The topological polar surface area (TPSA) is 34.4 Å². The van der Waals surface area contributed by atoms with Crippen LogP contribution in [0.15, 0.2) is 39.4 Å². The molecule has 1 aromatic carbocycles. The summed E-state index contributed by atoms with van der Waals surface area (Å²) in [6.45, 7) is 0.608. The third-order valence-electron chi connectivity index (χ3n) is 2.25. The van der Waals surface area contributed by atoms with Crippen molar-refractivity contribution in [1.29, 1.82) is 0 Å². The molecule has 2 aromatic rings. The smallest absolute Gasteiger partial charge is 0.169 e. The van der Waals surface area contributed by atoms with Gasteiger partial charge in [0.2, 0.25) is 0 Å². The van der Waals surface area contributed by atoms with Gasteiger partial charge in [-0.2, -0.15) is 0 Å². The Morgan fingerprint density at radius 3 is 2.82 bits per heavy atom. The molecule has 5 heteroatoms. The van der Waals surface area contributed by atoms with E-state index in [1.54, 1.807) is 13.2 Å². The first-order valence-electron chi connectivity index (χ1n) is 5.00. The van der Waals surface area contributed by atoms with Crippen LogP contribution in [0.5, 0.6) is 5.75 Å². The fourth-order valence-corrected chi connectivity index (χ4v) is 1.94. The lowest BCUT2D eigenvalue weighted by Crippen LogP contribution is -1.98. The molecule has 0 unspecified atom stereocenters. The quantitative estimate of drug-likeness (QED) is 0.912. The molecule has 0 aliphatic carbocycles. The first-order valence-corrected chi connectivity index (χ1v) is 6.18. The Bertz CT molecular complexity index is 513. The highest BCUT2D eigenvalue weighted by Gasteiger charge is 2.03. The van der Waals surface area contributed by atoms with Crippen molar-refractivity contribution in [3.63, 3.8) is 0 Å². The molecule has 0 aliphatic heterocycles. The Labute approximate surface area is 113 Å². The molecule has 2 rings (SSSR count). The first-order chi connectivity index (χ1) is 8.19. The number of hydrogen-bond acceptors (Lipinski definition) is 3. The van der Waals surface area contributed by atoms with E-state index in [1.165, 1.54) is 0 Å². The molecule has 90 valence electrons. The number of halogens is 2. The van der Waals surface area contributed by atoms with Crippen molar-refractivity contribution < 1.29 is 9.15 Å². The number of hydrogen-bond donors (Lipinski definition) is 1. The second-order valence-corrected chi connectivity index (χ2v) is 4.60. The molecule has 0 bridgehead atoms. The molecule has 1 aromatic heterocycles. The van der Waals surface area contributed by atoms with Crippen LogP contribution in [0.1, 0.15) is 5.76 Å². The highest BCUT2D eigenvalue weighted by Crippen LogP contribution is 2.27. The number of rotatable bonds is 4. The average molecular weight is 317 g/mol. The highest BCUT2D eigenvalue weighted by atomic mass is 79.9. The lowest BCUT2D eigenvalue weighted by atomic mass is 10.3. The van der Waals surface area contributed by atoms with Crippen LogP contribution in [0.4, 0.5) is 5.69 Å². The summed E-state index contributed by atoms with van der Waals surface area (Å²) in [6.07, 6.45) is 0. The van der Waals surface area contributed by atoms with E-state index in [0.29, 0.717) is 17.3 Å². The molecule has 0 saturated heterocycles. The molecular weight excluding hydrogens is 305 g/mol. The molecule has 0 fully saturated rings. The minimum absolute atomic E-state index is 0.596. The van der Waals surface area contributed by atoms with Crippen LogP contribution in [0.2, 0.25) is 5.02 Å². The molecule has 0 aliphatic rings. The van der Waals surface area contributed by atoms with Gasteiger partial charge in [-0.1, -0.05) is 11.6 Å². The predicted octanol–water partition coefficient (Wildman–Crippen LogP) is 4.32. The van der Waals surface area contributed by atoms with E-state index in [-0.39, 0.29) is 0 Å². The van der Waals surface area contributed by atoms with Gasteiger partial charge in [-0.05, 0) is 40.2 Å². The Balaban J connectivity index is 2.04. The minimum Gasteiger partial charge on any atom is -0.495 e. The van der Waals surface area contributed by atoms with Gasteiger partial charge in [-0.15, -0.1) is 0 Å². The minimum atomic E-state index is 0.596. The van der Waals surface area contributed by atoms with Crippen LogP contribution in [-0.2, 0) is 6.54 Å². The maximum atomic E-state index is 5.94. The van der Waals surface area contributed by atoms with E-state index in [9.17, 15) is 0 Å². The zero-order valence-corrected chi connectivity index (χ0v) is 11.5. The van der Waals surface area contributed by atoms with E-state index < -0.39 is 0 Å². The summed E-state index contributed by atoms with van der Waals surface area (Å²) < 4.78 is 11.2. The van der Waals surface area contributed by atoms with Crippen molar-refractivity contribution in [2.24, 2.45) is 0 Å². The van der Waals surface area contributed by atoms with E-state index >= 15 is 0 Å². The van der Waals surface area contributed by atoms with Gasteiger partial charge < -0.3 is 14.5 Å². The lowest BCUT2D eigenvalue weighted by molar-refractivity contribution is 0.415. The third-order valence-corrected chi connectivity index (χ3v) is 2.99. The fraction of sp³-hybridized carbons (Fsp3) is 0.167. The summed E-state index contributed by atoms with van der Waals surface area (Å²) in [7, 11) is 1.59. The summed E-state index contributed by atoms with van der Waals surface area (Å²) in [5.41, 5.74) is 0.929. The maximum Gasteiger partial charge on any atom is 0.169 e. The van der Waals surface area contributed by atoms with Crippen molar-refractivity contribution in [3.05, 3.63) is 45.8 Å². The standard InChI is InChI=1S/C12H11BrClNO2/c1-16-11-6-8(2-4-10(11)14)15-7-9-3-5-12(13)17-9/h2-6,15H,7H2,1H3. The Kier molecular flexibility index (Phi) is 3.97. The predicted molar refractivity (Wildman–Crippen MR) is 71.7 cm³/mol. The van der Waals surface area contributed by atoms with E-state index in [1.807, 2.05) is 24.3 Å². The van der Waals surface area contributed by atoms with Crippen molar-refractivity contribution in [2.45, 2.75) is 6.54 Å². The zero-order valence-electron chi connectivity index (χ0n) is 9.17. The molecule has 1 N–H and O–H groups in total. The number of furan rings is 1. The SMILES string of the molecule is COc1cc(NCc2ccc(Br)o2)ccc1Cl. The fourth-order valence-electron chi connectivity index (χ4n) is 1.41. The molecule has 3 nitrogen and oxygen atoms in total. The summed E-state index contributed by atoms with van der Waals surface area (Å²) in [5.74, 6) is 1.50. The lowest BCUT2D eigenvalue weighted by Gasteiger charge is -2.08. The van der Waals surface area contributed by atoms with Crippen LogP contribution in [0.3, 0.4) is 0 Å². The van der Waals surface area contributed by atoms with Gasteiger partial charge in [0.05, 0.1) is 18.7 Å². The van der Waals surface area contributed by atoms with Gasteiger partial charge in [0.15, 0.2) is 4.67 Å². The van der Waals surface area contributed by atoms with E-state index in [2.05, 4.69) is 21.2 Å². The van der Waals surface area contributed by atoms with E-state index in [4.69, 9.17) is 20.8 Å². The third kappa shape index (κ3) is 3.17. The van der Waals surface area contributed by atoms with Crippen LogP contribution in [0, 0.1) is 0 Å². The van der Waals surface area contributed by atoms with Crippen LogP contribution in [0.25, 0.3) is 0 Å². The summed E-state index contributed by atoms with van der Waals surface area (Å²) >= 11 is 9.20. The summed E-state index contributed by atoms with van der Waals surface area (Å²) in [5, 5.41) is 3.82. The van der Waals surface area contributed by atoms with Crippen molar-refractivity contribution in [2.75, 3.05) is 12.4 Å². The molecular formula is C12H11BrClNO2. The van der Waals surface area contributed by atoms with Crippen molar-refractivity contribution in [3.8, 4) is 5.75 Å². The number of methoxy groups -OCH3 is 1. The molecule has 0 saturated carbocycles. The first kappa shape index (κ1) is 12.3. The van der Waals surface area contributed by atoms with Crippen molar-refractivity contribution in [1.82, 2.24) is 0 Å². The Hall–Kier alpha value is -1.13. The monoisotopic (exact) mass is 315 g/mol. The van der Waals surface area contributed by atoms with Crippen LogP contribution >= 0.6 is 27.5 Å². The van der Waals surface area contributed by atoms with Gasteiger partial charge >= 0.3 is 0 Å². The molecule has 0 radical (unpaired) electrons. The number of anilines is 1. The second kappa shape index (κ2) is 5.47. The summed E-state index contributed by atoms with van der Waals surface area (Å²) in [6, 6.07) is 9.30. The number of nitrogens with one attached hydrogen (secondary N) is 1. The Morgan fingerprint density at radius 1 is 1.35 bits per heavy atom. The average Bonchev–Trinajstić information content (AvgIpc) is 2.74. The zero-order chi connectivity index (χ0) is 12.3. The van der Waals surface area contributed by atoms with Gasteiger partial charge in [0.25, 0.3) is 0 Å². The van der Waals surface area contributed by atoms with Crippen LogP contribution < -0.4 is 10.1 Å². The van der Waals surface area contributed by atoms with Crippen LogP contribution in [-0.4, -0.2) is 7.11 Å². The number of ether oxygens (including phenoxy) is 1. The van der Waals surface area contributed by atoms with Gasteiger partial charge in [-0.3, -0.25) is 0 Å². The van der Waals surface area contributed by atoms with Gasteiger partial charge in [0, 0.05) is 11.8 Å². The summed E-state index contributed by atoms with van der Waals surface area (Å²) in [4.78, 5) is 0. The molecule has 0 amide bonds. The largest absolute Gasteiger partial charge is 0.495 e. The maximum absolute atomic E-state index is 5.94. The van der Waals surface area contributed by atoms with Gasteiger partial charge in [0.1, 0.15) is 11.5 Å². The molecule has 17 heavy (non-hydrogen) atoms. The Morgan fingerprint density at radius 2 is 2.18 bits per heavy atom. The molecule has 0 atom stereocenters. The van der Waals surface area contributed by atoms with E-state index in [0.717, 1.165) is 16.1 Å². The molecule has 0 spiro atoms. The highest BCUT2D eigenvalue weighted by molar-refractivity contribution is 9.10. The van der Waals surface area contributed by atoms with Gasteiger partial charge in [-0.25, -0.2) is 0 Å². The number of benzene rings is 1.